The van der Waals surface area contributed by atoms with Gasteiger partial charge in [-0.15, -0.1) is 0 Å². The number of ether oxygens (including phenoxy) is 2. The second-order valence-corrected chi connectivity index (χ2v) is 4.32. The molecule has 0 aliphatic rings. The van der Waals surface area contributed by atoms with Gasteiger partial charge in [0.1, 0.15) is 18.7 Å². The predicted octanol–water partition coefficient (Wildman–Crippen LogP) is 3.63. The van der Waals surface area contributed by atoms with E-state index in [0.717, 1.165) is 11.1 Å². The summed E-state index contributed by atoms with van der Waals surface area (Å²) in [4.78, 5) is 10.3. The molecule has 2 aromatic carbocycles. The largest absolute Gasteiger partial charge is 0.493 e. The second-order valence-electron chi connectivity index (χ2n) is 4.32. The summed E-state index contributed by atoms with van der Waals surface area (Å²) in [7, 11) is 1.55. The van der Waals surface area contributed by atoms with Crippen LogP contribution in [0.15, 0.2) is 48.5 Å². The topological polar surface area (TPSA) is 35.5 Å². The molecule has 0 aliphatic carbocycles. The van der Waals surface area contributed by atoms with Crippen molar-refractivity contribution in [2.24, 2.45) is 0 Å². The van der Waals surface area contributed by atoms with Crippen LogP contribution >= 0.6 is 0 Å². The number of hydrogen-bond donors (Lipinski definition) is 0. The van der Waals surface area contributed by atoms with Crippen LogP contribution in [0.4, 0.5) is 4.39 Å². The van der Waals surface area contributed by atoms with Crippen molar-refractivity contribution in [3.63, 3.8) is 0 Å². The number of carbonyl (C=O) groups is 1. The predicted molar refractivity (Wildman–Crippen MR) is 78.8 cm³/mol. The Morgan fingerprint density at radius 1 is 1.10 bits per heavy atom. The van der Waals surface area contributed by atoms with Gasteiger partial charge in [0.05, 0.1) is 7.11 Å². The van der Waals surface area contributed by atoms with Gasteiger partial charge in [-0.05, 0) is 41.5 Å². The van der Waals surface area contributed by atoms with Crippen LogP contribution in [0.25, 0.3) is 6.08 Å². The lowest BCUT2D eigenvalue weighted by Crippen LogP contribution is -1.98. The van der Waals surface area contributed by atoms with Gasteiger partial charge in [0.25, 0.3) is 0 Å². The summed E-state index contributed by atoms with van der Waals surface area (Å²) in [6.07, 6.45) is 3.80. The highest BCUT2D eigenvalue weighted by Gasteiger charge is 2.05. The first kappa shape index (κ1) is 14.8. The highest BCUT2D eigenvalue weighted by Crippen LogP contribution is 2.29. The fourth-order valence-corrected chi connectivity index (χ4v) is 1.80. The zero-order chi connectivity index (χ0) is 15.1. The van der Waals surface area contributed by atoms with Crippen molar-refractivity contribution in [2.45, 2.75) is 6.61 Å². The van der Waals surface area contributed by atoms with Gasteiger partial charge in [0.2, 0.25) is 0 Å². The average molecular weight is 286 g/mol. The first-order valence-corrected chi connectivity index (χ1v) is 6.40. The van der Waals surface area contributed by atoms with Crippen LogP contribution in [0.1, 0.15) is 11.1 Å². The van der Waals surface area contributed by atoms with Gasteiger partial charge in [0.15, 0.2) is 11.5 Å². The Hall–Kier alpha value is -2.62. The van der Waals surface area contributed by atoms with Crippen molar-refractivity contribution in [3.05, 3.63) is 65.5 Å². The third kappa shape index (κ3) is 4.18. The summed E-state index contributed by atoms with van der Waals surface area (Å²) < 4.78 is 23.8. The van der Waals surface area contributed by atoms with E-state index < -0.39 is 0 Å². The van der Waals surface area contributed by atoms with Crippen LogP contribution < -0.4 is 9.47 Å². The van der Waals surface area contributed by atoms with Gasteiger partial charge >= 0.3 is 0 Å². The van der Waals surface area contributed by atoms with Gasteiger partial charge < -0.3 is 9.47 Å². The molecule has 0 radical (unpaired) electrons. The van der Waals surface area contributed by atoms with Crippen LogP contribution in [0.3, 0.4) is 0 Å². The highest BCUT2D eigenvalue weighted by atomic mass is 19.1. The minimum atomic E-state index is -0.275. The van der Waals surface area contributed by atoms with Gasteiger partial charge in [-0.1, -0.05) is 24.3 Å². The summed E-state index contributed by atoms with van der Waals surface area (Å²) in [6.45, 7) is 0.320. The molecule has 21 heavy (non-hydrogen) atoms. The van der Waals surface area contributed by atoms with Crippen molar-refractivity contribution in [2.75, 3.05) is 7.11 Å². The minimum Gasteiger partial charge on any atom is -0.493 e. The maximum atomic E-state index is 12.8. The molecule has 0 saturated carbocycles. The number of hydrogen-bond acceptors (Lipinski definition) is 3. The maximum Gasteiger partial charge on any atom is 0.161 e. The molecule has 2 rings (SSSR count). The molecule has 0 saturated heterocycles. The Labute approximate surface area is 122 Å². The lowest BCUT2D eigenvalue weighted by molar-refractivity contribution is -0.104. The third-order valence-electron chi connectivity index (χ3n) is 2.86. The van der Waals surface area contributed by atoms with Crippen LogP contribution in [-0.4, -0.2) is 13.4 Å². The molecule has 0 bridgehead atoms. The molecule has 0 unspecified atom stereocenters. The van der Waals surface area contributed by atoms with E-state index in [1.54, 1.807) is 37.5 Å². The van der Waals surface area contributed by atoms with Gasteiger partial charge in [-0.3, -0.25) is 4.79 Å². The van der Waals surface area contributed by atoms with Crippen LogP contribution in [-0.2, 0) is 11.4 Å². The SMILES string of the molecule is COc1cc(/C=C/C=O)ccc1OCc1ccc(F)cc1. The van der Waals surface area contributed by atoms with Crippen LogP contribution in [0.2, 0.25) is 0 Å². The van der Waals surface area contributed by atoms with Gasteiger partial charge in [0, 0.05) is 0 Å². The number of aldehydes is 1. The molecular formula is C17H15FO3. The average Bonchev–Trinajstić information content (AvgIpc) is 2.52. The second kappa shape index (κ2) is 7.24. The molecule has 3 nitrogen and oxygen atoms in total. The van der Waals surface area contributed by atoms with E-state index in [-0.39, 0.29) is 5.82 Å². The molecule has 0 aromatic heterocycles. The molecule has 0 aliphatic heterocycles. The number of rotatable bonds is 6. The molecule has 0 amide bonds. The van der Waals surface area contributed by atoms with Crippen molar-refractivity contribution in [1.82, 2.24) is 0 Å². The smallest absolute Gasteiger partial charge is 0.161 e. The molecule has 0 fully saturated rings. The van der Waals surface area contributed by atoms with E-state index in [1.807, 2.05) is 6.07 Å². The normalized spacial score (nSPS) is 10.6. The fraction of sp³-hybridized carbons (Fsp3) is 0.118. The summed E-state index contributed by atoms with van der Waals surface area (Å²) in [5.74, 6) is 0.887. The molecule has 0 heterocycles. The molecule has 2 aromatic rings. The number of carbonyl (C=O) groups excluding carboxylic acids is 1. The Bertz CT molecular complexity index is 633. The zero-order valence-electron chi connectivity index (χ0n) is 11.6. The number of allylic oxidation sites excluding steroid dienone is 1. The molecular weight excluding hydrogens is 271 g/mol. The summed E-state index contributed by atoms with van der Waals surface area (Å²) in [5, 5.41) is 0. The van der Waals surface area contributed by atoms with Crippen LogP contribution in [0.5, 0.6) is 11.5 Å². The van der Waals surface area contributed by atoms with E-state index in [9.17, 15) is 9.18 Å². The number of halogens is 1. The summed E-state index contributed by atoms with van der Waals surface area (Å²) in [6, 6.07) is 11.5. The highest BCUT2D eigenvalue weighted by molar-refractivity contribution is 5.74. The molecule has 4 heteroatoms. The van der Waals surface area contributed by atoms with Crippen molar-refractivity contribution in [3.8, 4) is 11.5 Å². The lowest BCUT2D eigenvalue weighted by Gasteiger charge is -2.11. The molecule has 108 valence electrons. The van der Waals surface area contributed by atoms with Crippen molar-refractivity contribution in [1.29, 1.82) is 0 Å². The zero-order valence-corrected chi connectivity index (χ0v) is 11.6. The lowest BCUT2D eigenvalue weighted by atomic mass is 10.2. The fourth-order valence-electron chi connectivity index (χ4n) is 1.80. The Morgan fingerprint density at radius 3 is 2.52 bits per heavy atom. The van der Waals surface area contributed by atoms with E-state index in [4.69, 9.17) is 9.47 Å². The summed E-state index contributed by atoms with van der Waals surface area (Å²) in [5.41, 5.74) is 1.71. The van der Waals surface area contributed by atoms with E-state index in [1.165, 1.54) is 18.2 Å². The Morgan fingerprint density at radius 2 is 1.86 bits per heavy atom. The molecule has 0 N–H and O–H groups in total. The van der Waals surface area contributed by atoms with E-state index in [2.05, 4.69) is 0 Å². The van der Waals surface area contributed by atoms with Crippen LogP contribution in [0, 0.1) is 5.82 Å². The molecule has 0 spiro atoms. The molecule has 0 atom stereocenters. The first-order valence-electron chi connectivity index (χ1n) is 6.40. The monoisotopic (exact) mass is 286 g/mol. The first-order chi connectivity index (χ1) is 10.2. The summed E-state index contributed by atoms with van der Waals surface area (Å²) >= 11 is 0. The van der Waals surface area contributed by atoms with Gasteiger partial charge in [-0.25, -0.2) is 4.39 Å². The quantitative estimate of drug-likeness (QED) is 0.601. The minimum absolute atomic E-state index is 0.275. The standard InChI is InChI=1S/C17H15FO3/c1-20-17-11-13(3-2-10-19)6-9-16(17)21-12-14-4-7-15(18)8-5-14/h2-11H,12H2,1H3/b3-2+. The van der Waals surface area contributed by atoms with E-state index in [0.29, 0.717) is 24.4 Å². The number of methoxy groups -OCH3 is 1. The van der Waals surface area contributed by atoms with Gasteiger partial charge in [-0.2, -0.15) is 0 Å². The van der Waals surface area contributed by atoms with Crippen molar-refractivity contribution < 1.29 is 18.7 Å². The van der Waals surface area contributed by atoms with E-state index >= 15 is 0 Å². The Balaban J connectivity index is 2.10. The Kier molecular flexibility index (Phi) is 5.10. The number of benzene rings is 2. The third-order valence-corrected chi connectivity index (χ3v) is 2.86. The maximum absolute atomic E-state index is 12.8. The van der Waals surface area contributed by atoms with Crippen molar-refractivity contribution >= 4 is 12.4 Å².